The van der Waals surface area contributed by atoms with Crippen LogP contribution in [-0.4, -0.2) is 55.7 Å². The van der Waals surface area contributed by atoms with E-state index >= 15 is 0 Å². The minimum atomic E-state index is -0.560. The number of nitrogens with two attached hydrogens (primary N) is 1. The third kappa shape index (κ3) is 6.10. The Bertz CT molecular complexity index is 1260. The lowest BCUT2D eigenvalue weighted by Gasteiger charge is -2.29. The number of nitrogen functional groups attached to an aromatic ring is 1. The number of fused-ring (bicyclic) bond motifs is 1. The van der Waals surface area contributed by atoms with Crippen LogP contribution in [0.25, 0.3) is 22.2 Å². The maximum Gasteiger partial charge on any atom is 0.248 e. The Morgan fingerprint density at radius 2 is 2.12 bits per heavy atom. The standard InChI is InChI=1S/C25H33N7O2/c1-5-7-9-25(3,16-33)31-23-22-20(29-24(26)30-23)11-17(13-28-22)19-12-21(34)27-14-18(19)15-32(4)10-8-6-2/h11-14,33H,5,7,9-10,15-16H2,1-4H3,(H,27,34)(H3,26,29,30,31)/t25-/m1/s1. The van der Waals surface area contributed by atoms with Gasteiger partial charge in [-0.25, -0.2) is 4.98 Å². The van der Waals surface area contributed by atoms with Crippen molar-refractivity contribution in [1.82, 2.24) is 24.8 Å². The second-order valence-electron chi connectivity index (χ2n) is 8.80. The maximum absolute atomic E-state index is 12.1. The van der Waals surface area contributed by atoms with Crippen LogP contribution in [-0.2, 0) is 6.54 Å². The van der Waals surface area contributed by atoms with E-state index in [2.05, 4.69) is 48.9 Å². The van der Waals surface area contributed by atoms with E-state index in [-0.39, 0.29) is 18.1 Å². The van der Waals surface area contributed by atoms with Crippen LogP contribution in [0.1, 0.15) is 45.6 Å². The van der Waals surface area contributed by atoms with Crippen LogP contribution in [0.3, 0.4) is 0 Å². The molecule has 0 saturated carbocycles. The number of aromatic amines is 1. The van der Waals surface area contributed by atoms with E-state index in [0.717, 1.165) is 36.0 Å². The fourth-order valence-corrected chi connectivity index (χ4v) is 3.77. The van der Waals surface area contributed by atoms with Gasteiger partial charge in [0, 0.05) is 30.6 Å². The van der Waals surface area contributed by atoms with Gasteiger partial charge in [-0.3, -0.25) is 14.7 Å². The molecule has 0 aliphatic heterocycles. The summed E-state index contributed by atoms with van der Waals surface area (Å²) in [4.78, 5) is 30.3. The number of rotatable bonds is 10. The predicted octanol–water partition coefficient (Wildman–Crippen LogP) is 2.77. The summed E-state index contributed by atoms with van der Waals surface area (Å²) in [5.41, 5.74) is 8.82. The molecule has 0 fully saturated rings. The van der Waals surface area contributed by atoms with Crippen LogP contribution < -0.4 is 16.6 Å². The quantitative estimate of drug-likeness (QED) is 0.337. The number of pyridine rings is 2. The molecule has 3 aromatic heterocycles. The van der Waals surface area contributed by atoms with Crippen LogP contribution in [0.4, 0.5) is 11.8 Å². The highest BCUT2D eigenvalue weighted by Gasteiger charge is 2.25. The van der Waals surface area contributed by atoms with E-state index in [4.69, 9.17) is 5.73 Å². The van der Waals surface area contributed by atoms with Gasteiger partial charge in [-0.2, -0.15) is 4.98 Å². The first-order chi connectivity index (χ1) is 16.3. The first kappa shape index (κ1) is 25.1. The van der Waals surface area contributed by atoms with Crippen molar-refractivity contribution in [2.24, 2.45) is 0 Å². The molecule has 1 atom stereocenters. The number of anilines is 2. The number of hydrogen-bond acceptors (Lipinski definition) is 8. The highest BCUT2D eigenvalue weighted by atomic mass is 16.3. The molecular formula is C25H33N7O2. The number of hydrogen-bond donors (Lipinski definition) is 4. The van der Waals surface area contributed by atoms with Crippen molar-refractivity contribution >= 4 is 22.8 Å². The monoisotopic (exact) mass is 463 g/mol. The zero-order valence-corrected chi connectivity index (χ0v) is 20.3. The Hall–Kier alpha value is -3.48. The van der Waals surface area contributed by atoms with Crippen molar-refractivity contribution in [1.29, 1.82) is 0 Å². The molecule has 0 amide bonds. The van der Waals surface area contributed by atoms with Gasteiger partial charge in [-0.1, -0.05) is 25.7 Å². The number of nitrogens with one attached hydrogen (secondary N) is 2. The Balaban J connectivity index is 2.03. The van der Waals surface area contributed by atoms with E-state index in [1.54, 1.807) is 18.5 Å². The molecule has 0 aliphatic carbocycles. The molecule has 0 unspecified atom stereocenters. The first-order valence-electron chi connectivity index (χ1n) is 11.4. The summed E-state index contributed by atoms with van der Waals surface area (Å²) in [6.07, 6.45) is 6.18. The van der Waals surface area contributed by atoms with Gasteiger partial charge in [-0.15, -0.1) is 5.92 Å². The molecule has 0 aromatic carbocycles. The average molecular weight is 464 g/mol. The molecule has 34 heavy (non-hydrogen) atoms. The van der Waals surface area contributed by atoms with Gasteiger partial charge in [0.1, 0.15) is 5.52 Å². The number of aromatic nitrogens is 4. The molecule has 0 saturated heterocycles. The number of aliphatic hydroxyl groups excluding tert-OH is 1. The normalized spacial score (nSPS) is 12.9. The molecule has 0 aliphatic rings. The van der Waals surface area contributed by atoms with Crippen LogP contribution >= 0.6 is 0 Å². The van der Waals surface area contributed by atoms with E-state index in [9.17, 15) is 9.90 Å². The van der Waals surface area contributed by atoms with E-state index in [1.807, 2.05) is 27.0 Å². The number of aliphatic hydroxyl groups is 1. The van der Waals surface area contributed by atoms with Gasteiger partial charge in [0.05, 0.1) is 24.2 Å². The minimum absolute atomic E-state index is 0.0530. The highest BCUT2D eigenvalue weighted by Crippen LogP contribution is 2.29. The number of unbranched alkanes of at least 4 members (excludes halogenated alkanes) is 1. The summed E-state index contributed by atoms with van der Waals surface area (Å²) >= 11 is 0. The van der Waals surface area contributed by atoms with Crippen LogP contribution in [0.2, 0.25) is 0 Å². The third-order valence-corrected chi connectivity index (χ3v) is 5.69. The highest BCUT2D eigenvalue weighted by molar-refractivity contribution is 5.89. The first-order valence-corrected chi connectivity index (χ1v) is 11.4. The van der Waals surface area contributed by atoms with Crippen LogP contribution in [0, 0.1) is 11.8 Å². The number of H-pyrrole nitrogens is 1. The van der Waals surface area contributed by atoms with Crippen molar-refractivity contribution in [3.63, 3.8) is 0 Å². The number of nitrogens with zero attached hydrogens (tertiary/aromatic N) is 4. The maximum atomic E-state index is 12.1. The van der Waals surface area contributed by atoms with E-state index in [1.165, 1.54) is 0 Å². The summed E-state index contributed by atoms with van der Waals surface area (Å²) in [6, 6.07) is 3.42. The molecular weight excluding hydrogens is 430 g/mol. The zero-order valence-electron chi connectivity index (χ0n) is 20.3. The Morgan fingerprint density at radius 1 is 1.32 bits per heavy atom. The summed E-state index contributed by atoms with van der Waals surface area (Å²) < 4.78 is 0. The fourth-order valence-electron chi connectivity index (χ4n) is 3.77. The molecule has 5 N–H and O–H groups in total. The van der Waals surface area contributed by atoms with Crippen molar-refractivity contribution < 1.29 is 5.11 Å². The van der Waals surface area contributed by atoms with Gasteiger partial charge in [0.2, 0.25) is 11.5 Å². The molecule has 0 bridgehead atoms. The summed E-state index contributed by atoms with van der Waals surface area (Å²) in [6.45, 7) is 7.03. The SMILES string of the molecule is CC#CCN(C)Cc1c[nH]c(=O)cc1-c1cnc2c(N[C@@](C)(CO)CCCC)nc(N)nc2c1. The molecule has 3 heterocycles. The lowest BCUT2D eigenvalue weighted by atomic mass is 9.96. The molecule has 0 radical (unpaired) electrons. The Labute approximate surface area is 199 Å². The molecule has 9 nitrogen and oxygen atoms in total. The smallest absolute Gasteiger partial charge is 0.248 e. The van der Waals surface area contributed by atoms with Gasteiger partial charge >= 0.3 is 0 Å². The summed E-state index contributed by atoms with van der Waals surface area (Å²) in [5, 5.41) is 13.3. The lowest BCUT2D eigenvalue weighted by Crippen LogP contribution is -2.39. The van der Waals surface area contributed by atoms with Crippen molar-refractivity contribution in [2.45, 2.75) is 52.1 Å². The Kier molecular flexibility index (Phi) is 8.21. The zero-order chi connectivity index (χ0) is 24.7. The van der Waals surface area contributed by atoms with Gasteiger partial charge in [0.25, 0.3) is 0 Å². The fraction of sp³-hybridized carbons (Fsp3) is 0.440. The second kappa shape index (κ2) is 11.1. The van der Waals surface area contributed by atoms with Crippen LogP contribution in [0.15, 0.2) is 29.3 Å². The summed E-state index contributed by atoms with van der Waals surface area (Å²) in [7, 11) is 1.97. The second-order valence-corrected chi connectivity index (χ2v) is 8.80. The Morgan fingerprint density at radius 3 is 2.82 bits per heavy atom. The molecule has 0 spiro atoms. The van der Waals surface area contributed by atoms with Crippen LogP contribution in [0.5, 0.6) is 0 Å². The molecule has 3 aromatic rings. The van der Waals surface area contributed by atoms with Crippen molar-refractivity contribution in [3.05, 3.63) is 40.4 Å². The average Bonchev–Trinajstić information content (AvgIpc) is 2.82. The largest absolute Gasteiger partial charge is 0.394 e. The van der Waals surface area contributed by atoms with E-state index in [0.29, 0.717) is 29.9 Å². The van der Waals surface area contributed by atoms with Gasteiger partial charge in [-0.05, 0) is 44.5 Å². The van der Waals surface area contributed by atoms with Gasteiger partial charge < -0.3 is 21.1 Å². The lowest BCUT2D eigenvalue weighted by molar-refractivity contribution is 0.212. The topological polar surface area (TPSA) is 133 Å². The summed E-state index contributed by atoms with van der Waals surface area (Å²) in [5.74, 6) is 6.53. The van der Waals surface area contributed by atoms with Gasteiger partial charge in [0.15, 0.2) is 5.82 Å². The molecule has 9 heteroatoms. The van der Waals surface area contributed by atoms with Crippen molar-refractivity contribution in [2.75, 3.05) is 31.2 Å². The molecule has 180 valence electrons. The van der Waals surface area contributed by atoms with Crippen molar-refractivity contribution in [3.8, 4) is 23.0 Å². The third-order valence-electron chi connectivity index (χ3n) is 5.69. The van der Waals surface area contributed by atoms with E-state index < -0.39 is 5.54 Å². The predicted molar refractivity (Wildman–Crippen MR) is 136 cm³/mol. The minimum Gasteiger partial charge on any atom is -0.394 e. The molecule has 3 rings (SSSR count).